The van der Waals surface area contributed by atoms with Crippen LogP contribution in [0.5, 0.6) is 0 Å². The quantitative estimate of drug-likeness (QED) is 0.592. The molecule has 4 nitrogen and oxygen atoms in total. The molecule has 0 spiro atoms. The van der Waals surface area contributed by atoms with Gasteiger partial charge in [0.2, 0.25) is 10.0 Å². The maximum Gasteiger partial charge on any atom is 0.243 e. The molecule has 1 aromatic carbocycles. The van der Waals surface area contributed by atoms with Gasteiger partial charge in [0.25, 0.3) is 0 Å². The molecule has 1 rings (SSSR count). The van der Waals surface area contributed by atoms with Crippen LogP contribution in [0.4, 0.5) is 0 Å². The molecule has 0 atom stereocenters. The Hall–Kier alpha value is -1.17. The van der Waals surface area contributed by atoms with Gasteiger partial charge in [0.15, 0.2) is 0 Å². The zero-order chi connectivity index (χ0) is 15.2. The Morgan fingerprint density at radius 2 is 2.10 bits per heavy atom. The van der Waals surface area contributed by atoms with Gasteiger partial charge in [-0.3, -0.25) is 0 Å². The summed E-state index contributed by atoms with van der Waals surface area (Å²) in [6, 6.07) is 5.10. The second-order valence-corrected chi connectivity index (χ2v) is 6.72. The summed E-state index contributed by atoms with van der Waals surface area (Å²) in [7, 11) is -1.92. The van der Waals surface area contributed by atoms with Crippen molar-refractivity contribution >= 4 is 10.0 Å². The van der Waals surface area contributed by atoms with Gasteiger partial charge in [-0.25, -0.2) is 12.7 Å². The summed E-state index contributed by atoms with van der Waals surface area (Å²) in [5, 5.41) is 9.18. The molecule has 1 aromatic rings. The number of hydrogen-bond acceptors (Lipinski definition) is 3. The lowest BCUT2D eigenvalue weighted by atomic mass is 10.1. The van der Waals surface area contributed by atoms with Crippen LogP contribution < -0.4 is 0 Å². The first kappa shape index (κ1) is 16.9. The van der Waals surface area contributed by atoms with E-state index in [-0.39, 0.29) is 6.61 Å². The molecule has 0 radical (unpaired) electrons. The lowest BCUT2D eigenvalue weighted by Gasteiger charge is -2.19. The van der Waals surface area contributed by atoms with Crippen LogP contribution in [-0.4, -0.2) is 31.4 Å². The van der Waals surface area contributed by atoms with E-state index in [9.17, 15) is 13.5 Å². The molecule has 0 unspecified atom stereocenters. The van der Waals surface area contributed by atoms with Crippen molar-refractivity contribution in [2.24, 2.45) is 0 Å². The van der Waals surface area contributed by atoms with Gasteiger partial charge < -0.3 is 5.11 Å². The average molecular weight is 297 g/mol. The highest BCUT2D eigenvalue weighted by molar-refractivity contribution is 7.89. The Morgan fingerprint density at radius 1 is 1.40 bits per heavy atom. The highest BCUT2D eigenvalue weighted by atomic mass is 32.2. The lowest BCUT2D eigenvalue weighted by Crippen LogP contribution is -2.28. The van der Waals surface area contributed by atoms with E-state index in [0.717, 1.165) is 18.4 Å². The SMILES string of the molecule is C=CCCCN(C)S(=O)(=O)c1cc(CO)ccc1CC. The highest BCUT2D eigenvalue weighted by Gasteiger charge is 2.23. The van der Waals surface area contributed by atoms with Crippen LogP contribution >= 0.6 is 0 Å². The summed E-state index contributed by atoms with van der Waals surface area (Å²) in [6.45, 7) is 5.85. The first-order valence-electron chi connectivity index (χ1n) is 6.77. The zero-order valence-electron chi connectivity index (χ0n) is 12.2. The molecule has 0 aliphatic rings. The number of hydrogen-bond donors (Lipinski definition) is 1. The Kier molecular flexibility index (Phi) is 6.39. The maximum absolute atomic E-state index is 12.6. The Labute approximate surface area is 121 Å². The molecule has 0 saturated heterocycles. The van der Waals surface area contributed by atoms with Gasteiger partial charge in [0.05, 0.1) is 11.5 Å². The maximum atomic E-state index is 12.6. The van der Waals surface area contributed by atoms with Crippen LogP contribution in [0.1, 0.15) is 30.9 Å². The number of benzene rings is 1. The summed E-state index contributed by atoms with van der Waals surface area (Å²) in [4.78, 5) is 0.299. The van der Waals surface area contributed by atoms with Gasteiger partial charge >= 0.3 is 0 Å². The van der Waals surface area contributed by atoms with E-state index in [1.54, 1.807) is 31.3 Å². The molecule has 1 N–H and O–H groups in total. The second kappa shape index (κ2) is 7.57. The van der Waals surface area contributed by atoms with Gasteiger partial charge in [-0.05, 0) is 36.5 Å². The number of nitrogens with zero attached hydrogens (tertiary/aromatic N) is 1. The van der Waals surface area contributed by atoms with Crippen molar-refractivity contribution in [3.8, 4) is 0 Å². The van der Waals surface area contributed by atoms with Gasteiger partial charge in [-0.1, -0.05) is 25.1 Å². The summed E-state index contributed by atoms with van der Waals surface area (Å²) in [6.07, 6.45) is 3.96. The fourth-order valence-corrected chi connectivity index (χ4v) is 3.53. The largest absolute Gasteiger partial charge is 0.392 e. The minimum atomic E-state index is -3.51. The van der Waals surface area contributed by atoms with Gasteiger partial charge in [-0.15, -0.1) is 6.58 Å². The molecule has 112 valence electrons. The smallest absolute Gasteiger partial charge is 0.243 e. The molecule has 0 heterocycles. The van der Waals surface area contributed by atoms with Crippen LogP contribution in [-0.2, 0) is 23.1 Å². The minimum absolute atomic E-state index is 0.160. The molecular formula is C15H23NO3S. The Bertz CT molecular complexity index is 552. The fraction of sp³-hybridized carbons (Fsp3) is 0.467. The number of aliphatic hydroxyl groups is 1. The van der Waals surface area contributed by atoms with E-state index in [1.807, 2.05) is 6.92 Å². The predicted molar refractivity (Wildman–Crippen MR) is 81.0 cm³/mol. The topological polar surface area (TPSA) is 57.6 Å². The summed E-state index contributed by atoms with van der Waals surface area (Å²) >= 11 is 0. The number of rotatable bonds is 8. The van der Waals surface area contributed by atoms with Crippen LogP contribution in [0.25, 0.3) is 0 Å². The van der Waals surface area contributed by atoms with Crippen LogP contribution in [0, 0.1) is 0 Å². The van der Waals surface area contributed by atoms with Gasteiger partial charge in [-0.2, -0.15) is 0 Å². The lowest BCUT2D eigenvalue weighted by molar-refractivity contribution is 0.281. The highest BCUT2D eigenvalue weighted by Crippen LogP contribution is 2.22. The van der Waals surface area contributed by atoms with Crippen molar-refractivity contribution in [3.05, 3.63) is 42.0 Å². The van der Waals surface area contributed by atoms with E-state index in [2.05, 4.69) is 6.58 Å². The number of allylic oxidation sites excluding steroid dienone is 1. The molecule has 0 aromatic heterocycles. The average Bonchev–Trinajstić information content (AvgIpc) is 2.46. The molecule has 0 amide bonds. The van der Waals surface area contributed by atoms with Crippen molar-refractivity contribution in [2.45, 2.75) is 37.7 Å². The first-order chi connectivity index (χ1) is 9.47. The molecular weight excluding hydrogens is 274 g/mol. The summed E-state index contributed by atoms with van der Waals surface area (Å²) in [5.74, 6) is 0. The third kappa shape index (κ3) is 3.91. The van der Waals surface area contributed by atoms with E-state index in [1.165, 1.54) is 4.31 Å². The van der Waals surface area contributed by atoms with Crippen molar-refractivity contribution in [2.75, 3.05) is 13.6 Å². The Balaban J connectivity index is 3.09. The van der Waals surface area contributed by atoms with Gasteiger partial charge in [0.1, 0.15) is 0 Å². The molecule has 0 fully saturated rings. The standard InChI is InChI=1S/C15H23NO3S/c1-4-6-7-10-16(3)20(18,19)15-11-13(12-17)8-9-14(15)5-2/h4,8-9,11,17H,1,5-7,10,12H2,2-3H3. The van der Waals surface area contributed by atoms with Crippen molar-refractivity contribution in [3.63, 3.8) is 0 Å². The summed E-state index contributed by atoms with van der Waals surface area (Å²) in [5.41, 5.74) is 1.39. The van der Waals surface area contributed by atoms with E-state index >= 15 is 0 Å². The monoisotopic (exact) mass is 297 g/mol. The molecule has 5 heteroatoms. The van der Waals surface area contributed by atoms with Crippen molar-refractivity contribution < 1.29 is 13.5 Å². The summed E-state index contributed by atoms with van der Waals surface area (Å²) < 4.78 is 26.6. The second-order valence-electron chi connectivity index (χ2n) is 4.71. The fourth-order valence-electron chi connectivity index (χ4n) is 1.98. The number of aliphatic hydroxyl groups excluding tert-OH is 1. The van der Waals surface area contributed by atoms with Crippen LogP contribution in [0.2, 0.25) is 0 Å². The normalized spacial score (nSPS) is 11.8. The predicted octanol–water partition coefficient (Wildman–Crippen LogP) is 2.33. The third-order valence-electron chi connectivity index (χ3n) is 3.26. The zero-order valence-corrected chi connectivity index (χ0v) is 13.0. The minimum Gasteiger partial charge on any atom is -0.392 e. The Morgan fingerprint density at radius 3 is 2.65 bits per heavy atom. The molecule has 0 aliphatic heterocycles. The third-order valence-corrected chi connectivity index (χ3v) is 5.20. The van der Waals surface area contributed by atoms with E-state index < -0.39 is 10.0 Å². The number of unbranched alkanes of at least 4 members (excludes halogenated alkanes) is 1. The van der Waals surface area contributed by atoms with Crippen LogP contribution in [0.15, 0.2) is 35.7 Å². The van der Waals surface area contributed by atoms with Crippen molar-refractivity contribution in [1.82, 2.24) is 4.31 Å². The molecule has 0 aliphatic carbocycles. The number of sulfonamides is 1. The van der Waals surface area contributed by atoms with E-state index in [4.69, 9.17) is 0 Å². The van der Waals surface area contributed by atoms with Gasteiger partial charge in [0, 0.05) is 13.6 Å². The van der Waals surface area contributed by atoms with E-state index in [0.29, 0.717) is 23.4 Å². The van der Waals surface area contributed by atoms with Crippen LogP contribution in [0.3, 0.4) is 0 Å². The van der Waals surface area contributed by atoms with Crippen molar-refractivity contribution in [1.29, 1.82) is 0 Å². The number of aryl methyl sites for hydroxylation is 1. The first-order valence-corrected chi connectivity index (χ1v) is 8.21. The molecule has 0 bridgehead atoms. The molecule has 20 heavy (non-hydrogen) atoms. The molecule has 0 saturated carbocycles.